The number of aromatic nitrogens is 2. The summed E-state index contributed by atoms with van der Waals surface area (Å²) in [6, 6.07) is 0.722. The number of unbranched alkanes of at least 4 members (excludes halogenated alkanes) is 1. The molecule has 3 rings (SSSR count). The Morgan fingerprint density at radius 3 is 2.85 bits per heavy atom. The molecule has 1 N–H and O–H groups in total. The van der Waals surface area contributed by atoms with Crippen molar-refractivity contribution in [2.75, 3.05) is 39.3 Å². The SMILES string of the molecule is CCCCc1noc(CN2CC(N3CCNCC3)C2)n1. The van der Waals surface area contributed by atoms with Crippen molar-refractivity contribution in [2.24, 2.45) is 0 Å². The fraction of sp³-hybridized carbons (Fsp3) is 0.857. The second-order valence-electron chi connectivity index (χ2n) is 5.84. The van der Waals surface area contributed by atoms with E-state index >= 15 is 0 Å². The molecule has 0 bridgehead atoms. The van der Waals surface area contributed by atoms with Crippen LogP contribution in [0.5, 0.6) is 0 Å². The number of aryl methyl sites for hydroxylation is 1. The molecule has 112 valence electrons. The minimum atomic E-state index is 0.722. The lowest BCUT2D eigenvalue weighted by Gasteiger charge is -2.46. The third kappa shape index (κ3) is 3.37. The van der Waals surface area contributed by atoms with Crippen molar-refractivity contribution in [2.45, 2.75) is 38.8 Å². The van der Waals surface area contributed by atoms with Crippen LogP contribution in [0.4, 0.5) is 0 Å². The molecule has 2 fully saturated rings. The molecule has 1 aromatic heterocycles. The third-order valence-electron chi connectivity index (χ3n) is 4.23. The number of rotatable bonds is 6. The van der Waals surface area contributed by atoms with E-state index in [0.29, 0.717) is 0 Å². The van der Waals surface area contributed by atoms with Crippen LogP contribution in [0.2, 0.25) is 0 Å². The number of likely N-dealkylation sites (tertiary alicyclic amines) is 1. The van der Waals surface area contributed by atoms with Crippen molar-refractivity contribution >= 4 is 0 Å². The van der Waals surface area contributed by atoms with Crippen molar-refractivity contribution in [3.63, 3.8) is 0 Å². The Labute approximate surface area is 120 Å². The van der Waals surface area contributed by atoms with Gasteiger partial charge in [-0.3, -0.25) is 9.80 Å². The van der Waals surface area contributed by atoms with Crippen LogP contribution in [0.1, 0.15) is 31.5 Å². The van der Waals surface area contributed by atoms with Crippen molar-refractivity contribution in [1.82, 2.24) is 25.3 Å². The van der Waals surface area contributed by atoms with Gasteiger partial charge in [-0.15, -0.1) is 0 Å². The fourth-order valence-electron chi connectivity index (χ4n) is 2.93. The minimum Gasteiger partial charge on any atom is -0.338 e. The monoisotopic (exact) mass is 279 g/mol. The van der Waals surface area contributed by atoms with E-state index in [1.807, 2.05) is 0 Å². The summed E-state index contributed by atoms with van der Waals surface area (Å²) in [5.74, 6) is 1.64. The van der Waals surface area contributed by atoms with Crippen LogP contribution < -0.4 is 5.32 Å². The molecule has 0 radical (unpaired) electrons. The minimum absolute atomic E-state index is 0.722. The van der Waals surface area contributed by atoms with E-state index in [-0.39, 0.29) is 0 Å². The number of piperazine rings is 1. The molecule has 2 saturated heterocycles. The molecule has 2 aliphatic heterocycles. The molecular formula is C14H25N5O. The molecule has 3 heterocycles. The largest absolute Gasteiger partial charge is 0.338 e. The summed E-state index contributed by atoms with van der Waals surface area (Å²) in [6.07, 6.45) is 3.24. The summed E-state index contributed by atoms with van der Waals surface area (Å²) in [6.45, 7) is 9.86. The van der Waals surface area contributed by atoms with Gasteiger partial charge in [0.25, 0.3) is 0 Å². The van der Waals surface area contributed by atoms with Gasteiger partial charge >= 0.3 is 0 Å². The van der Waals surface area contributed by atoms with Crippen LogP contribution in [-0.2, 0) is 13.0 Å². The van der Waals surface area contributed by atoms with Gasteiger partial charge in [0.15, 0.2) is 5.82 Å². The summed E-state index contributed by atoms with van der Waals surface area (Å²) < 4.78 is 5.32. The highest BCUT2D eigenvalue weighted by Gasteiger charge is 2.32. The summed E-state index contributed by atoms with van der Waals surface area (Å²) in [5, 5.41) is 7.44. The van der Waals surface area contributed by atoms with Gasteiger partial charge in [0.2, 0.25) is 5.89 Å². The van der Waals surface area contributed by atoms with E-state index in [1.165, 1.54) is 19.5 Å². The van der Waals surface area contributed by atoms with Crippen molar-refractivity contribution in [3.8, 4) is 0 Å². The number of hydrogen-bond donors (Lipinski definition) is 1. The van der Waals surface area contributed by atoms with Gasteiger partial charge in [0, 0.05) is 51.7 Å². The van der Waals surface area contributed by atoms with E-state index in [2.05, 4.69) is 32.2 Å². The Bertz CT molecular complexity index is 409. The van der Waals surface area contributed by atoms with Gasteiger partial charge in [-0.05, 0) is 6.42 Å². The lowest BCUT2D eigenvalue weighted by molar-refractivity contribution is 0.0165. The predicted molar refractivity (Wildman–Crippen MR) is 76.4 cm³/mol. The molecule has 0 atom stereocenters. The standard InChI is InChI=1S/C14H25N5O/c1-2-3-4-13-16-14(20-17-13)11-18-9-12(10-18)19-7-5-15-6-8-19/h12,15H,2-11H2,1H3. The van der Waals surface area contributed by atoms with Gasteiger partial charge in [-0.1, -0.05) is 18.5 Å². The maximum Gasteiger partial charge on any atom is 0.240 e. The van der Waals surface area contributed by atoms with Crippen LogP contribution >= 0.6 is 0 Å². The Balaban J connectivity index is 1.40. The lowest BCUT2D eigenvalue weighted by Crippen LogP contribution is -2.62. The first kappa shape index (κ1) is 14.0. The highest BCUT2D eigenvalue weighted by atomic mass is 16.5. The van der Waals surface area contributed by atoms with Crippen molar-refractivity contribution < 1.29 is 4.52 Å². The van der Waals surface area contributed by atoms with E-state index in [4.69, 9.17) is 4.52 Å². The average Bonchev–Trinajstić information content (AvgIpc) is 2.89. The van der Waals surface area contributed by atoms with Crippen LogP contribution in [0.3, 0.4) is 0 Å². The molecular weight excluding hydrogens is 254 g/mol. The number of hydrogen-bond acceptors (Lipinski definition) is 6. The fourth-order valence-corrected chi connectivity index (χ4v) is 2.93. The zero-order chi connectivity index (χ0) is 13.8. The Kier molecular flexibility index (Phi) is 4.65. The third-order valence-corrected chi connectivity index (χ3v) is 4.23. The Morgan fingerprint density at radius 1 is 1.30 bits per heavy atom. The second kappa shape index (κ2) is 6.65. The average molecular weight is 279 g/mol. The van der Waals surface area contributed by atoms with E-state index in [1.54, 1.807) is 0 Å². The van der Waals surface area contributed by atoms with E-state index in [0.717, 1.165) is 63.3 Å². The van der Waals surface area contributed by atoms with Crippen LogP contribution in [0.25, 0.3) is 0 Å². The first-order valence-corrected chi connectivity index (χ1v) is 7.83. The van der Waals surface area contributed by atoms with Gasteiger partial charge in [-0.2, -0.15) is 4.98 Å². The van der Waals surface area contributed by atoms with Crippen molar-refractivity contribution in [3.05, 3.63) is 11.7 Å². The molecule has 0 aromatic carbocycles. The van der Waals surface area contributed by atoms with Gasteiger partial charge in [-0.25, -0.2) is 0 Å². The topological polar surface area (TPSA) is 57.4 Å². The van der Waals surface area contributed by atoms with Crippen molar-refractivity contribution in [1.29, 1.82) is 0 Å². The molecule has 0 saturated carbocycles. The molecule has 0 unspecified atom stereocenters. The molecule has 2 aliphatic rings. The van der Waals surface area contributed by atoms with Gasteiger partial charge < -0.3 is 9.84 Å². The zero-order valence-corrected chi connectivity index (χ0v) is 12.3. The maximum atomic E-state index is 5.32. The quantitative estimate of drug-likeness (QED) is 0.818. The first-order chi connectivity index (χ1) is 9.85. The molecule has 0 amide bonds. The predicted octanol–water partition coefficient (Wildman–Crippen LogP) is 0.502. The number of nitrogens with one attached hydrogen (secondary N) is 1. The normalized spacial score (nSPS) is 22.1. The molecule has 20 heavy (non-hydrogen) atoms. The summed E-state index contributed by atoms with van der Waals surface area (Å²) in [5.41, 5.74) is 0. The summed E-state index contributed by atoms with van der Waals surface area (Å²) in [7, 11) is 0. The van der Waals surface area contributed by atoms with E-state index in [9.17, 15) is 0 Å². The summed E-state index contributed by atoms with van der Waals surface area (Å²) >= 11 is 0. The summed E-state index contributed by atoms with van der Waals surface area (Å²) in [4.78, 5) is 9.45. The zero-order valence-electron chi connectivity index (χ0n) is 12.3. The van der Waals surface area contributed by atoms with E-state index < -0.39 is 0 Å². The lowest BCUT2D eigenvalue weighted by atomic mass is 10.1. The highest BCUT2D eigenvalue weighted by Crippen LogP contribution is 2.18. The molecule has 6 heteroatoms. The Morgan fingerprint density at radius 2 is 2.10 bits per heavy atom. The van der Waals surface area contributed by atoms with Crippen LogP contribution in [0.15, 0.2) is 4.52 Å². The second-order valence-corrected chi connectivity index (χ2v) is 5.84. The highest BCUT2D eigenvalue weighted by molar-refractivity contribution is 4.93. The maximum absolute atomic E-state index is 5.32. The van der Waals surface area contributed by atoms with Crippen LogP contribution in [-0.4, -0.2) is 65.3 Å². The smallest absolute Gasteiger partial charge is 0.240 e. The molecule has 6 nitrogen and oxygen atoms in total. The molecule has 0 aliphatic carbocycles. The van der Waals surface area contributed by atoms with Gasteiger partial charge in [0.1, 0.15) is 0 Å². The Hall–Kier alpha value is -0.980. The first-order valence-electron chi connectivity index (χ1n) is 7.83. The number of nitrogens with zero attached hydrogens (tertiary/aromatic N) is 4. The molecule has 0 spiro atoms. The van der Waals surface area contributed by atoms with Crippen LogP contribution in [0, 0.1) is 0 Å². The molecule has 1 aromatic rings. The van der Waals surface area contributed by atoms with Gasteiger partial charge in [0.05, 0.1) is 6.54 Å².